The van der Waals surface area contributed by atoms with E-state index in [4.69, 9.17) is 0 Å². The van der Waals surface area contributed by atoms with Crippen molar-refractivity contribution < 1.29 is 5.11 Å². The average molecular weight is 178 g/mol. The minimum absolute atomic E-state index is 0.553. The first-order chi connectivity index (χ1) is 6.29. The highest BCUT2D eigenvalue weighted by atomic mass is 16.3. The second kappa shape index (κ2) is 3.44. The van der Waals surface area contributed by atoms with Gasteiger partial charge in [0.25, 0.3) is 0 Å². The zero-order valence-corrected chi connectivity index (χ0v) is 7.53. The Labute approximate surface area is 77.8 Å². The molecule has 1 fully saturated rings. The van der Waals surface area contributed by atoms with Crippen molar-refractivity contribution in [1.82, 2.24) is 10.3 Å². The van der Waals surface area contributed by atoms with Crippen molar-refractivity contribution in [1.29, 1.82) is 0 Å². The van der Waals surface area contributed by atoms with E-state index in [0.29, 0.717) is 13.0 Å². The molecule has 1 aliphatic rings. The standard InChI is InChI=1S/C10H14N2O/c13-10(3-5-12-8-10)6-9-2-1-4-11-7-9/h1-2,4,7,12-13H,3,5-6,8H2. The largest absolute Gasteiger partial charge is 0.388 e. The molecule has 1 aliphatic heterocycles. The van der Waals surface area contributed by atoms with Gasteiger partial charge >= 0.3 is 0 Å². The van der Waals surface area contributed by atoms with Gasteiger partial charge in [-0.05, 0) is 24.6 Å². The lowest BCUT2D eigenvalue weighted by Crippen LogP contribution is -2.33. The molecule has 1 saturated heterocycles. The third-order valence-electron chi connectivity index (χ3n) is 2.48. The molecule has 2 heterocycles. The van der Waals surface area contributed by atoms with Crippen LogP contribution in [0.2, 0.25) is 0 Å². The summed E-state index contributed by atoms with van der Waals surface area (Å²) in [6.45, 7) is 1.61. The van der Waals surface area contributed by atoms with E-state index in [0.717, 1.165) is 18.5 Å². The van der Waals surface area contributed by atoms with Crippen molar-refractivity contribution in [2.24, 2.45) is 0 Å². The second-order valence-corrected chi connectivity index (χ2v) is 3.69. The average Bonchev–Trinajstić information content (AvgIpc) is 2.54. The van der Waals surface area contributed by atoms with Crippen LogP contribution in [0.15, 0.2) is 24.5 Å². The Morgan fingerprint density at radius 1 is 1.62 bits per heavy atom. The van der Waals surface area contributed by atoms with Gasteiger partial charge in [0.1, 0.15) is 0 Å². The smallest absolute Gasteiger partial charge is 0.0824 e. The van der Waals surface area contributed by atoms with Crippen molar-refractivity contribution in [2.75, 3.05) is 13.1 Å². The monoisotopic (exact) mass is 178 g/mol. The zero-order valence-electron chi connectivity index (χ0n) is 7.53. The molecule has 0 aromatic carbocycles. The van der Waals surface area contributed by atoms with Crippen molar-refractivity contribution in [2.45, 2.75) is 18.4 Å². The summed E-state index contributed by atoms with van der Waals surface area (Å²) in [4.78, 5) is 4.03. The molecule has 1 atom stereocenters. The Morgan fingerprint density at radius 2 is 2.54 bits per heavy atom. The van der Waals surface area contributed by atoms with Crippen LogP contribution in [0.4, 0.5) is 0 Å². The maximum Gasteiger partial charge on any atom is 0.0824 e. The van der Waals surface area contributed by atoms with E-state index in [1.54, 1.807) is 6.20 Å². The predicted octanol–water partition coefficient (Wildman–Crippen LogP) is 0.348. The highest BCUT2D eigenvalue weighted by Gasteiger charge is 2.30. The predicted molar refractivity (Wildman–Crippen MR) is 50.4 cm³/mol. The molecule has 0 aliphatic carbocycles. The molecule has 0 amide bonds. The lowest BCUT2D eigenvalue weighted by atomic mass is 9.95. The van der Waals surface area contributed by atoms with Crippen LogP contribution >= 0.6 is 0 Å². The third-order valence-corrected chi connectivity index (χ3v) is 2.48. The number of aromatic nitrogens is 1. The number of β-amino-alcohol motifs (C(OH)–C–C–N with tert-alkyl or cyclic N) is 1. The van der Waals surface area contributed by atoms with Crippen LogP contribution < -0.4 is 5.32 Å². The second-order valence-electron chi connectivity index (χ2n) is 3.69. The topological polar surface area (TPSA) is 45.2 Å². The maximum atomic E-state index is 10.1. The number of hydrogen-bond acceptors (Lipinski definition) is 3. The van der Waals surface area contributed by atoms with Crippen LogP contribution in [-0.4, -0.2) is 28.8 Å². The number of rotatable bonds is 2. The third kappa shape index (κ3) is 2.05. The van der Waals surface area contributed by atoms with Gasteiger partial charge in [-0.2, -0.15) is 0 Å². The summed E-state index contributed by atoms with van der Waals surface area (Å²) >= 11 is 0. The summed E-state index contributed by atoms with van der Waals surface area (Å²) in [7, 11) is 0. The lowest BCUT2D eigenvalue weighted by molar-refractivity contribution is 0.0618. The summed E-state index contributed by atoms with van der Waals surface area (Å²) in [5.74, 6) is 0. The highest BCUT2D eigenvalue weighted by Crippen LogP contribution is 2.19. The van der Waals surface area contributed by atoms with Crippen LogP contribution in [0.25, 0.3) is 0 Å². The lowest BCUT2D eigenvalue weighted by Gasteiger charge is -2.20. The van der Waals surface area contributed by atoms with Gasteiger partial charge in [0.05, 0.1) is 5.60 Å². The van der Waals surface area contributed by atoms with E-state index in [1.807, 2.05) is 18.3 Å². The van der Waals surface area contributed by atoms with Gasteiger partial charge < -0.3 is 10.4 Å². The SMILES string of the molecule is OC1(Cc2cccnc2)CCNC1. The Bertz CT molecular complexity index is 268. The highest BCUT2D eigenvalue weighted by molar-refractivity contribution is 5.13. The summed E-state index contributed by atoms with van der Waals surface area (Å²) in [5, 5.41) is 13.2. The molecule has 13 heavy (non-hydrogen) atoms. The summed E-state index contributed by atoms with van der Waals surface area (Å²) in [5.41, 5.74) is 0.553. The molecular formula is C10H14N2O. The molecule has 1 aromatic rings. The number of hydrogen-bond donors (Lipinski definition) is 2. The summed E-state index contributed by atoms with van der Waals surface area (Å²) in [6.07, 6.45) is 5.10. The summed E-state index contributed by atoms with van der Waals surface area (Å²) < 4.78 is 0. The Hall–Kier alpha value is -0.930. The molecule has 3 heteroatoms. The van der Waals surface area contributed by atoms with Crippen molar-refractivity contribution in [3.8, 4) is 0 Å². The molecular weight excluding hydrogens is 164 g/mol. The van der Waals surface area contributed by atoms with Crippen molar-refractivity contribution in [3.63, 3.8) is 0 Å². The molecule has 1 aromatic heterocycles. The first-order valence-electron chi connectivity index (χ1n) is 4.61. The van der Waals surface area contributed by atoms with Crippen LogP contribution in [-0.2, 0) is 6.42 Å². The fourth-order valence-corrected chi connectivity index (χ4v) is 1.76. The summed E-state index contributed by atoms with van der Waals surface area (Å²) in [6, 6.07) is 3.91. The number of pyridine rings is 1. The molecule has 0 bridgehead atoms. The normalized spacial score (nSPS) is 27.8. The van der Waals surface area contributed by atoms with Gasteiger partial charge in [0.15, 0.2) is 0 Å². The molecule has 0 radical (unpaired) electrons. The Kier molecular flexibility index (Phi) is 2.29. The van der Waals surface area contributed by atoms with E-state index >= 15 is 0 Å². The molecule has 3 nitrogen and oxygen atoms in total. The quantitative estimate of drug-likeness (QED) is 0.687. The fraction of sp³-hybridized carbons (Fsp3) is 0.500. The Balaban J connectivity index is 2.05. The Morgan fingerprint density at radius 3 is 3.15 bits per heavy atom. The van der Waals surface area contributed by atoms with E-state index < -0.39 is 5.60 Å². The van der Waals surface area contributed by atoms with E-state index in [1.165, 1.54) is 0 Å². The van der Waals surface area contributed by atoms with Gasteiger partial charge in [-0.25, -0.2) is 0 Å². The van der Waals surface area contributed by atoms with Gasteiger partial charge in [0.2, 0.25) is 0 Å². The van der Waals surface area contributed by atoms with E-state index in [-0.39, 0.29) is 0 Å². The van der Waals surface area contributed by atoms with Gasteiger partial charge in [-0.3, -0.25) is 4.98 Å². The van der Waals surface area contributed by atoms with E-state index in [2.05, 4.69) is 10.3 Å². The molecule has 2 rings (SSSR count). The number of aliphatic hydroxyl groups is 1. The van der Waals surface area contributed by atoms with Crippen molar-refractivity contribution in [3.05, 3.63) is 30.1 Å². The molecule has 0 saturated carbocycles. The molecule has 0 spiro atoms. The van der Waals surface area contributed by atoms with Crippen LogP contribution in [0.1, 0.15) is 12.0 Å². The number of nitrogens with one attached hydrogen (secondary N) is 1. The minimum Gasteiger partial charge on any atom is -0.388 e. The molecule has 70 valence electrons. The molecule has 1 unspecified atom stereocenters. The van der Waals surface area contributed by atoms with E-state index in [9.17, 15) is 5.11 Å². The fourth-order valence-electron chi connectivity index (χ4n) is 1.76. The first-order valence-corrected chi connectivity index (χ1v) is 4.61. The minimum atomic E-state index is -0.553. The first kappa shape index (κ1) is 8.66. The van der Waals surface area contributed by atoms with Gasteiger partial charge in [-0.15, -0.1) is 0 Å². The van der Waals surface area contributed by atoms with Crippen LogP contribution in [0, 0.1) is 0 Å². The number of nitrogens with zero attached hydrogens (tertiary/aromatic N) is 1. The molecule has 2 N–H and O–H groups in total. The van der Waals surface area contributed by atoms with Crippen LogP contribution in [0.3, 0.4) is 0 Å². The van der Waals surface area contributed by atoms with Crippen LogP contribution in [0.5, 0.6) is 0 Å². The van der Waals surface area contributed by atoms with Gasteiger partial charge in [-0.1, -0.05) is 6.07 Å². The zero-order chi connectivity index (χ0) is 9.15. The van der Waals surface area contributed by atoms with Crippen molar-refractivity contribution >= 4 is 0 Å². The van der Waals surface area contributed by atoms with Gasteiger partial charge in [0, 0.05) is 25.4 Å². The maximum absolute atomic E-state index is 10.1.